The van der Waals surface area contributed by atoms with Crippen LogP contribution in [0.1, 0.15) is 25.6 Å². The zero-order chi connectivity index (χ0) is 12.0. The predicted octanol–water partition coefficient (Wildman–Crippen LogP) is 1.37. The summed E-state index contributed by atoms with van der Waals surface area (Å²) in [6, 6.07) is 1.66. The van der Waals surface area contributed by atoms with E-state index in [1.165, 1.54) is 0 Å². The highest BCUT2D eigenvalue weighted by atomic mass is 35.5. The highest BCUT2D eigenvalue weighted by molar-refractivity contribution is 6.29. The van der Waals surface area contributed by atoms with Gasteiger partial charge in [-0.05, 0) is 6.42 Å². The summed E-state index contributed by atoms with van der Waals surface area (Å²) >= 11 is 5.83. The Morgan fingerprint density at radius 2 is 2.31 bits per heavy atom. The van der Waals surface area contributed by atoms with Gasteiger partial charge in [0.2, 0.25) is 5.91 Å². The normalized spacial score (nSPS) is 10.1. The molecule has 1 rings (SSSR count). The van der Waals surface area contributed by atoms with E-state index in [-0.39, 0.29) is 5.91 Å². The highest BCUT2D eigenvalue weighted by Crippen LogP contribution is 2.11. The molecule has 0 aromatic carbocycles. The summed E-state index contributed by atoms with van der Waals surface area (Å²) in [5.41, 5.74) is 5.03. The summed E-state index contributed by atoms with van der Waals surface area (Å²) in [5, 5.41) is 3.49. The highest BCUT2D eigenvalue weighted by Gasteiger charge is 2.01. The molecule has 0 spiro atoms. The van der Waals surface area contributed by atoms with Crippen molar-refractivity contribution in [2.24, 2.45) is 5.73 Å². The van der Waals surface area contributed by atoms with Crippen molar-refractivity contribution in [3.05, 3.63) is 17.0 Å². The molecule has 5 nitrogen and oxygen atoms in total. The number of anilines is 1. The van der Waals surface area contributed by atoms with E-state index in [4.69, 9.17) is 17.3 Å². The van der Waals surface area contributed by atoms with Crippen molar-refractivity contribution >= 4 is 23.3 Å². The first-order valence-corrected chi connectivity index (χ1v) is 5.55. The summed E-state index contributed by atoms with van der Waals surface area (Å²) in [6.45, 7) is 2.60. The number of carbonyl (C=O) groups is 1. The summed E-state index contributed by atoms with van der Waals surface area (Å²) in [4.78, 5) is 18.8. The van der Waals surface area contributed by atoms with E-state index in [1.54, 1.807) is 6.07 Å². The number of aryl methyl sites for hydroxylation is 1. The van der Waals surface area contributed by atoms with Crippen molar-refractivity contribution in [1.29, 1.82) is 0 Å². The van der Waals surface area contributed by atoms with Gasteiger partial charge >= 0.3 is 0 Å². The lowest BCUT2D eigenvalue weighted by molar-refractivity contribution is -0.118. The zero-order valence-electron chi connectivity index (χ0n) is 9.16. The minimum atomic E-state index is -0.295. The van der Waals surface area contributed by atoms with E-state index < -0.39 is 0 Å². The molecule has 1 heterocycles. The van der Waals surface area contributed by atoms with Crippen LogP contribution in [0.3, 0.4) is 0 Å². The third kappa shape index (κ3) is 4.44. The topological polar surface area (TPSA) is 80.9 Å². The fraction of sp³-hybridized carbons (Fsp3) is 0.500. The Hall–Kier alpha value is -1.36. The number of carbonyl (C=O) groups excluding carboxylic acids is 1. The molecule has 0 bridgehead atoms. The Morgan fingerprint density at radius 3 is 2.94 bits per heavy atom. The van der Waals surface area contributed by atoms with Gasteiger partial charge in [0, 0.05) is 25.5 Å². The van der Waals surface area contributed by atoms with Gasteiger partial charge in [-0.1, -0.05) is 18.5 Å². The number of rotatable bonds is 6. The van der Waals surface area contributed by atoms with Crippen molar-refractivity contribution in [2.75, 3.05) is 11.9 Å². The van der Waals surface area contributed by atoms with Gasteiger partial charge in [0.05, 0.1) is 0 Å². The molecule has 0 radical (unpaired) electrons. The number of nitrogens with one attached hydrogen (secondary N) is 1. The zero-order valence-corrected chi connectivity index (χ0v) is 9.92. The van der Waals surface area contributed by atoms with Gasteiger partial charge in [-0.25, -0.2) is 9.97 Å². The van der Waals surface area contributed by atoms with Crippen LogP contribution in [0.25, 0.3) is 0 Å². The van der Waals surface area contributed by atoms with Gasteiger partial charge in [0.25, 0.3) is 0 Å². The average molecular weight is 243 g/mol. The fourth-order valence-corrected chi connectivity index (χ4v) is 1.39. The number of nitrogens with zero attached hydrogens (tertiary/aromatic N) is 2. The monoisotopic (exact) mass is 242 g/mol. The van der Waals surface area contributed by atoms with E-state index >= 15 is 0 Å². The fourth-order valence-electron chi connectivity index (χ4n) is 1.19. The maximum absolute atomic E-state index is 10.5. The van der Waals surface area contributed by atoms with Gasteiger partial charge in [0.15, 0.2) is 0 Å². The van der Waals surface area contributed by atoms with Crippen molar-refractivity contribution < 1.29 is 4.79 Å². The number of primary amides is 1. The summed E-state index contributed by atoms with van der Waals surface area (Å²) in [5.74, 6) is 1.09. The molecule has 0 atom stereocenters. The minimum absolute atomic E-state index is 0.295. The molecule has 0 saturated heterocycles. The molecule has 1 amide bonds. The van der Waals surface area contributed by atoms with Crippen LogP contribution in [0, 0.1) is 0 Å². The molecule has 1 aromatic rings. The average Bonchev–Trinajstić information content (AvgIpc) is 2.23. The van der Waals surface area contributed by atoms with E-state index in [0.29, 0.717) is 36.2 Å². The third-order valence-electron chi connectivity index (χ3n) is 1.96. The molecule has 88 valence electrons. The molecule has 1 aromatic heterocycles. The smallest absolute Gasteiger partial charge is 0.217 e. The number of nitrogens with two attached hydrogens (primary N) is 1. The van der Waals surface area contributed by atoms with E-state index in [1.807, 2.05) is 6.92 Å². The summed E-state index contributed by atoms with van der Waals surface area (Å²) < 4.78 is 0. The minimum Gasteiger partial charge on any atom is -0.370 e. The van der Waals surface area contributed by atoms with Gasteiger partial charge in [0.1, 0.15) is 16.8 Å². The Labute approximate surface area is 99.4 Å². The maximum atomic E-state index is 10.5. The number of aromatic nitrogens is 2. The number of hydrogen-bond acceptors (Lipinski definition) is 4. The summed E-state index contributed by atoms with van der Waals surface area (Å²) in [6.07, 6.45) is 1.78. The van der Waals surface area contributed by atoms with Crippen LogP contribution in [-0.2, 0) is 11.2 Å². The van der Waals surface area contributed by atoms with Crippen LogP contribution < -0.4 is 11.1 Å². The second kappa shape index (κ2) is 6.27. The first-order chi connectivity index (χ1) is 7.61. The molecule has 0 aliphatic rings. The second-order valence-corrected chi connectivity index (χ2v) is 3.73. The first-order valence-electron chi connectivity index (χ1n) is 5.17. The molecule has 0 aliphatic carbocycles. The Balaban J connectivity index is 2.47. The van der Waals surface area contributed by atoms with Gasteiger partial charge in [-0.2, -0.15) is 0 Å². The van der Waals surface area contributed by atoms with Gasteiger partial charge in [-0.3, -0.25) is 4.79 Å². The molecule has 0 unspecified atom stereocenters. The van der Waals surface area contributed by atoms with Crippen LogP contribution in [0.15, 0.2) is 6.07 Å². The molecule has 16 heavy (non-hydrogen) atoms. The Morgan fingerprint density at radius 1 is 1.56 bits per heavy atom. The van der Waals surface area contributed by atoms with Crippen molar-refractivity contribution in [3.8, 4) is 0 Å². The first kappa shape index (κ1) is 12.7. The standard InChI is InChI=1S/C10H15ClN4O/c1-2-9-14-7(11)6-10(15-9)13-5-3-4-8(12)16/h6H,2-5H2,1H3,(H2,12,16)(H,13,14,15). The van der Waals surface area contributed by atoms with Crippen molar-refractivity contribution in [3.63, 3.8) is 0 Å². The number of halogens is 1. The summed E-state index contributed by atoms with van der Waals surface area (Å²) in [7, 11) is 0. The van der Waals surface area contributed by atoms with Gasteiger partial charge < -0.3 is 11.1 Å². The second-order valence-electron chi connectivity index (χ2n) is 3.34. The van der Waals surface area contributed by atoms with Crippen LogP contribution in [0.2, 0.25) is 5.15 Å². The van der Waals surface area contributed by atoms with Crippen LogP contribution >= 0.6 is 11.6 Å². The van der Waals surface area contributed by atoms with E-state index in [2.05, 4.69) is 15.3 Å². The Kier molecular flexibility index (Phi) is 4.98. The molecule has 0 saturated carbocycles. The molecule has 0 fully saturated rings. The lowest BCUT2D eigenvalue weighted by atomic mass is 10.3. The van der Waals surface area contributed by atoms with Crippen molar-refractivity contribution in [1.82, 2.24) is 9.97 Å². The van der Waals surface area contributed by atoms with E-state index in [0.717, 1.165) is 6.42 Å². The largest absolute Gasteiger partial charge is 0.370 e. The van der Waals surface area contributed by atoms with Crippen LogP contribution in [0.4, 0.5) is 5.82 Å². The molecular formula is C10H15ClN4O. The van der Waals surface area contributed by atoms with E-state index in [9.17, 15) is 4.79 Å². The van der Waals surface area contributed by atoms with Crippen LogP contribution in [-0.4, -0.2) is 22.4 Å². The van der Waals surface area contributed by atoms with Crippen LogP contribution in [0.5, 0.6) is 0 Å². The molecule has 6 heteroatoms. The predicted molar refractivity (Wildman–Crippen MR) is 63.3 cm³/mol. The van der Waals surface area contributed by atoms with Gasteiger partial charge in [-0.15, -0.1) is 0 Å². The molecule has 3 N–H and O–H groups in total. The lowest BCUT2D eigenvalue weighted by Gasteiger charge is -2.06. The third-order valence-corrected chi connectivity index (χ3v) is 2.16. The number of amides is 1. The lowest BCUT2D eigenvalue weighted by Crippen LogP contribution is -2.13. The molecule has 0 aliphatic heterocycles. The molecular weight excluding hydrogens is 228 g/mol. The SMILES string of the molecule is CCc1nc(Cl)cc(NCCCC(N)=O)n1. The Bertz CT molecular complexity index is 370. The number of hydrogen-bond donors (Lipinski definition) is 2. The maximum Gasteiger partial charge on any atom is 0.217 e. The quantitative estimate of drug-likeness (QED) is 0.583. The van der Waals surface area contributed by atoms with Crippen molar-refractivity contribution in [2.45, 2.75) is 26.2 Å².